The summed E-state index contributed by atoms with van der Waals surface area (Å²) in [6, 6.07) is 15.5. The summed E-state index contributed by atoms with van der Waals surface area (Å²) in [5.74, 6) is 0.820. The molecule has 7 heteroatoms. The lowest BCUT2D eigenvalue weighted by molar-refractivity contribution is -0.134. The van der Waals surface area contributed by atoms with Gasteiger partial charge in [0.2, 0.25) is 5.91 Å². The average molecular weight is 461 g/mol. The van der Waals surface area contributed by atoms with Crippen molar-refractivity contribution in [3.63, 3.8) is 0 Å². The van der Waals surface area contributed by atoms with Gasteiger partial charge in [0.25, 0.3) is 5.91 Å². The van der Waals surface area contributed by atoms with E-state index < -0.39 is 5.54 Å². The molecule has 1 aliphatic carbocycles. The van der Waals surface area contributed by atoms with Gasteiger partial charge >= 0.3 is 0 Å². The lowest BCUT2D eigenvalue weighted by Gasteiger charge is -2.44. The van der Waals surface area contributed by atoms with Crippen LogP contribution in [-0.2, 0) is 17.9 Å². The molecule has 5 rings (SSSR count). The van der Waals surface area contributed by atoms with Gasteiger partial charge in [-0.05, 0) is 49.6 Å². The number of fused-ring (bicyclic) bond motifs is 3. The molecule has 0 saturated heterocycles. The molecule has 178 valence electrons. The number of carbonyl (C=O) groups excluding carboxylic acids is 2. The predicted octanol–water partition coefficient (Wildman–Crippen LogP) is 4.30. The van der Waals surface area contributed by atoms with Gasteiger partial charge in [-0.25, -0.2) is 4.98 Å². The van der Waals surface area contributed by atoms with E-state index in [1.807, 2.05) is 60.0 Å². The number of aromatic nitrogens is 2. The minimum atomic E-state index is -1.04. The third-order valence-corrected chi connectivity index (χ3v) is 7.33. The molecule has 0 bridgehead atoms. The van der Waals surface area contributed by atoms with Crippen LogP contribution in [0.3, 0.4) is 0 Å². The fraction of sp³-hybridized carbons (Fsp3) is 0.444. The van der Waals surface area contributed by atoms with Gasteiger partial charge in [-0.1, -0.05) is 49.9 Å². The monoisotopic (exact) mass is 460 g/mol. The van der Waals surface area contributed by atoms with E-state index in [1.165, 1.54) is 12.8 Å². The van der Waals surface area contributed by atoms with Crippen LogP contribution in [0.5, 0.6) is 5.75 Å². The lowest BCUT2D eigenvalue weighted by atomic mass is 9.93. The van der Waals surface area contributed by atoms with Gasteiger partial charge < -0.3 is 19.5 Å². The Morgan fingerprint density at radius 2 is 1.79 bits per heavy atom. The molecule has 2 aromatic carbocycles. The van der Waals surface area contributed by atoms with Crippen LogP contribution in [0.4, 0.5) is 0 Å². The van der Waals surface area contributed by atoms with Crippen molar-refractivity contribution in [3.05, 3.63) is 59.9 Å². The van der Waals surface area contributed by atoms with Crippen LogP contribution in [0.2, 0.25) is 0 Å². The van der Waals surface area contributed by atoms with E-state index in [4.69, 9.17) is 4.74 Å². The Morgan fingerprint density at radius 3 is 2.50 bits per heavy atom. The summed E-state index contributed by atoms with van der Waals surface area (Å²) in [7, 11) is 1.63. The van der Waals surface area contributed by atoms with Gasteiger partial charge in [0.15, 0.2) is 5.82 Å². The van der Waals surface area contributed by atoms with Crippen molar-refractivity contribution >= 4 is 22.8 Å². The van der Waals surface area contributed by atoms with E-state index >= 15 is 0 Å². The van der Waals surface area contributed by atoms with E-state index in [9.17, 15) is 9.59 Å². The van der Waals surface area contributed by atoms with Crippen molar-refractivity contribution in [1.29, 1.82) is 0 Å². The molecule has 1 aromatic heterocycles. The number of methoxy groups -OCH3 is 1. The first kappa shape index (κ1) is 22.4. The molecule has 0 radical (unpaired) electrons. The summed E-state index contributed by atoms with van der Waals surface area (Å²) in [4.78, 5) is 34.0. The lowest BCUT2D eigenvalue weighted by Crippen LogP contribution is -2.64. The van der Waals surface area contributed by atoms with Gasteiger partial charge in [-0.3, -0.25) is 9.59 Å². The van der Waals surface area contributed by atoms with Crippen LogP contribution in [0, 0.1) is 0 Å². The van der Waals surface area contributed by atoms with E-state index in [0.29, 0.717) is 18.9 Å². The zero-order valence-electron chi connectivity index (χ0n) is 19.9. The largest absolute Gasteiger partial charge is 0.497 e. The maximum absolute atomic E-state index is 13.9. The Labute approximate surface area is 200 Å². The number of hydrogen-bond acceptors (Lipinski definition) is 4. The van der Waals surface area contributed by atoms with E-state index in [0.717, 1.165) is 48.0 Å². The van der Waals surface area contributed by atoms with Crippen LogP contribution in [0.1, 0.15) is 61.6 Å². The van der Waals surface area contributed by atoms with Gasteiger partial charge in [0, 0.05) is 12.6 Å². The molecule has 1 saturated carbocycles. The molecule has 2 aliphatic rings. The fourth-order valence-electron chi connectivity index (χ4n) is 5.26. The number of hydrogen-bond donors (Lipinski definition) is 1. The van der Waals surface area contributed by atoms with Gasteiger partial charge in [0.05, 0.1) is 24.7 Å². The summed E-state index contributed by atoms with van der Waals surface area (Å²) in [6.45, 7) is 2.57. The van der Waals surface area contributed by atoms with Gasteiger partial charge in [-0.15, -0.1) is 0 Å². The Balaban J connectivity index is 1.52. The molecular formula is C27H32N4O3. The third-order valence-electron chi connectivity index (χ3n) is 7.33. The SMILES string of the molecule is COc1ccc(CN2C(=O)c3nc4ccccc4n3C[C@@]2(C)C(=O)NC2CCCCCC2)cc1. The fourth-order valence-corrected chi connectivity index (χ4v) is 5.26. The Hall–Kier alpha value is -3.35. The highest BCUT2D eigenvalue weighted by Crippen LogP contribution is 2.32. The van der Waals surface area contributed by atoms with Crippen LogP contribution < -0.4 is 10.1 Å². The van der Waals surface area contributed by atoms with Crippen molar-refractivity contribution in [2.75, 3.05) is 7.11 Å². The van der Waals surface area contributed by atoms with Crippen molar-refractivity contribution in [2.24, 2.45) is 0 Å². The first-order chi connectivity index (χ1) is 16.5. The molecule has 7 nitrogen and oxygen atoms in total. The second-order valence-corrected chi connectivity index (χ2v) is 9.69. The molecule has 1 atom stereocenters. The van der Waals surface area contributed by atoms with Crippen molar-refractivity contribution < 1.29 is 14.3 Å². The number of nitrogens with one attached hydrogen (secondary N) is 1. The third kappa shape index (κ3) is 4.04. The second-order valence-electron chi connectivity index (χ2n) is 9.69. The zero-order chi connectivity index (χ0) is 23.7. The normalized spacial score (nSPS) is 21.2. The first-order valence-electron chi connectivity index (χ1n) is 12.2. The maximum atomic E-state index is 13.9. The zero-order valence-corrected chi connectivity index (χ0v) is 19.9. The van der Waals surface area contributed by atoms with Gasteiger partial charge in [-0.2, -0.15) is 0 Å². The van der Waals surface area contributed by atoms with Gasteiger partial charge in [0.1, 0.15) is 11.3 Å². The number of amides is 2. The predicted molar refractivity (Wildman–Crippen MR) is 131 cm³/mol. The molecule has 3 aromatic rings. The van der Waals surface area contributed by atoms with Crippen LogP contribution >= 0.6 is 0 Å². The highest BCUT2D eigenvalue weighted by Gasteiger charge is 2.48. The summed E-state index contributed by atoms with van der Waals surface area (Å²) in [6.07, 6.45) is 6.69. The van der Waals surface area contributed by atoms with Crippen molar-refractivity contribution in [3.8, 4) is 5.75 Å². The minimum absolute atomic E-state index is 0.0929. The van der Waals surface area contributed by atoms with Crippen molar-refractivity contribution in [1.82, 2.24) is 19.8 Å². The van der Waals surface area contributed by atoms with Crippen LogP contribution in [0.15, 0.2) is 48.5 Å². The first-order valence-corrected chi connectivity index (χ1v) is 12.2. The van der Waals surface area contributed by atoms with Crippen molar-refractivity contribution in [2.45, 2.75) is 70.1 Å². The van der Waals surface area contributed by atoms with Crippen LogP contribution in [-0.4, -0.2) is 45.0 Å². The molecule has 0 unspecified atom stereocenters. The Morgan fingerprint density at radius 1 is 1.09 bits per heavy atom. The minimum Gasteiger partial charge on any atom is -0.497 e. The molecule has 0 spiro atoms. The summed E-state index contributed by atoms with van der Waals surface area (Å²) >= 11 is 0. The van der Waals surface area contributed by atoms with E-state index in [2.05, 4.69) is 10.3 Å². The number of ether oxygens (including phenoxy) is 1. The standard InChI is InChI=1S/C27H32N4O3/c1-27(26(33)28-20-9-5-3-4-6-10-20)18-30-23-12-8-7-11-22(23)29-24(30)25(32)31(27)17-19-13-15-21(34-2)16-14-19/h7-8,11-16,20H,3-6,9-10,17-18H2,1-2H3,(H,28,33)/t27-/m0/s1. The number of benzene rings is 2. The number of para-hydroxylation sites is 2. The number of carbonyl (C=O) groups is 2. The molecular weight excluding hydrogens is 428 g/mol. The maximum Gasteiger partial charge on any atom is 0.291 e. The highest BCUT2D eigenvalue weighted by molar-refractivity contribution is 6.01. The number of imidazole rings is 1. The molecule has 1 fully saturated rings. The summed E-state index contributed by atoms with van der Waals surface area (Å²) in [5, 5.41) is 3.31. The number of rotatable bonds is 5. The Bertz CT molecular complexity index is 1190. The Kier molecular flexibility index (Phi) is 6.02. The second kappa shape index (κ2) is 9.12. The smallest absolute Gasteiger partial charge is 0.291 e. The molecule has 2 amide bonds. The quantitative estimate of drug-likeness (QED) is 0.576. The molecule has 1 N–H and O–H groups in total. The number of nitrogens with zero attached hydrogens (tertiary/aromatic N) is 3. The summed E-state index contributed by atoms with van der Waals surface area (Å²) in [5.41, 5.74) is 1.54. The van der Waals surface area contributed by atoms with E-state index in [1.54, 1.807) is 12.0 Å². The summed E-state index contributed by atoms with van der Waals surface area (Å²) < 4.78 is 7.19. The molecule has 2 heterocycles. The molecule has 1 aliphatic heterocycles. The van der Waals surface area contributed by atoms with E-state index in [-0.39, 0.29) is 17.9 Å². The topological polar surface area (TPSA) is 76.5 Å². The molecule has 34 heavy (non-hydrogen) atoms. The highest BCUT2D eigenvalue weighted by atomic mass is 16.5. The average Bonchev–Trinajstić information content (AvgIpc) is 3.02. The van der Waals surface area contributed by atoms with Crippen LogP contribution in [0.25, 0.3) is 11.0 Å².